The molecule has 0 radical (unpaired) electrons. The third-order valence-electron chi connectivity index (χ3n) is 3.21. The first-order chi connectivity index (χ1) is 8.74. The minimum atomic E-state index is 0.0827. The molecule has 2 rings (SSSR count). The molecule has 1 aromatic rings. The summed E-state index contributed by atoms with van der Waals surface area (Å²) in [7, 11) is 0. The fourth-order valence-corrected chi connectivity index (χ4v) is 1.94. The quantitative estimate of drug-likeness (QED) is 0.866. The molecular weight excluding hydrogens is 228 g/mol. The maximum atomic E-state index is 8.88. The first kappa shape index (κ1) is 12.7. The van der Waals surface area contributed by atoms with E-state index in [-0.39, 0.29) is 5.92 Å². The van der Waals surface area contributed by atoms with Gasteiger partial charge < -0.3 is 14.8 Å². The summed E-state index contributed by atoms with van der Waals surface area (Å²) < 4.78 is 10.7. The molecule has 4 heteroatoms. The average molecular weight is 246 g/mol. The average Bonchev–Trinajstić information content (AvgIpc) is 2.81. The molecule has 1 heterocycles. The van der Waals surface area contributed by atoms with Crippen LogP contribution in [0.25, 0.3) is 0 Å². The molecule has 1 aromatic carbocycles. The molecular formula is C14H18N2O2. The van der Waals surface area contributed by atoms with E-state index in [1.807, 2.05) is 19.1 Å². The van der Waals surface area contributed by atoms with Crippen molar-refractivity contribution in [3.05, 3.63) is 23.3 Å². The fourth-order valence-electron chi connectivity index (χ4n) is 1.94. The van der Waals surface area contributed by atoms with E-state index in [0.29, 0.717) is 6.79 Å². The van der Waals surface area contributed by atoms with Crippen molar-refractivity contribution in [3.8, 4) is 17.6 Å². The van der Waals surface area contributed by atoms with E-state index in [2.05, 4.69) is 18.3 Å². The second kappa shape index (κ2) is 5.74. The Bertz CT molecular complexity index is 466. The summed E-state index contributed by atoms with van der Waals surface area (Å²) in [5.74, 6) is 1.71. The van der Waals surface area contributed by atoms with Crippen molar-refractivity contribution in [2.24, 2.45) is 5.92 Å². The van der Waals surface area contributed by atoms with Crippen molar-refractivity contribution in [1.29, 1.82) is 5.26 Å². The van der Waals surface area contributed by atoms with Gasteiger partial charge in [-0.1, -0.05) is 6.92 Å². The summed E-state index contributed by atoms with van der Waals surface area (Å²) in [6.07, 6.45) is 0.879. The lowest BCUT2D eigenvalue weighted by atomic mass is 10.1. The molecule has 1 aliphatic rings. The number of aryl methyl sites for hydroxylation is 1. The lowest BCUT2D eigenvalue weighted by Gasteiger charge is -2.11. The Kier molecular flexibility index (Phi) is 4.06. The molecule has 4 nitrogen and oxygen atoms in total. The van der Waals surface area contributed by atoms with Crippen molar-refractivity contribution >= 4 is 0 Å². The van der Waals surface area contributed by atoms with Crippen LogP contribution in [-0.2, 0) is 6.54 Å². The topological polar surface area (TPSA) is 54.3 Å². The van der Waals surface area contributed by atoms with Gasteiger partial charge in [-0.25, -0.2) is 0 Å². The predicted molar refractivity (Wildman–Crippen MR) is 68.4 cm³/mol. The molecule has 1 atom stereocenters. The maximum Gasteiger partial charge on any atom is 0.231 e. The third-order valence-corrected chi connectivity index (χ3v) is 3.21. The van der Waals surface area contributed by atoms with Crippen LogP contribution < -0.4 is 14.8 Å². The van der Waals surface area contributed by atoms with Crippen LogP contribution in [0.1, 0.15) is 24.5 Å². The SMILES string of the molecule is CCC(C#N)CNCc1cc2c(cc1C)OCO2. The molecule has 0 aromatic heterocycles. The molecule has 96 valence electrons. The fraction of sp³-hybridized carbons (Fsp3) is 0.500. The van der Waals surface area contributed by atoms with Gasteiger partial charge in [0.15, 0.2) is 11.5 Å². The van der Waals surface area contributed by atoms with Crippen molar-refractivity contribution in [2.45, 2.75) is 26.8 Å². The summed E-state index contributed by atoms with van der Waals surface area (Å²) in [6, 6.07) is 6.30. The predicted octanol–water partition coefficient (Wildman–Crippen LogP) is 2.36. The number of ether oxygens (including phenoxy) is 2. The van der Waals surface area contributed by atoms with Crippen LogP contribution in [0.4, 0.5) is 0 Å². The van der Waals surface area contributed by atoms with Crippen LogP contribution in [0, 0.1) is 24.2 Å². The minimum Gasteiger partial charge on any atom is -0.454 e. The standard InChI is InChI=1S/C14H18N2O2/c1-3-11(6-15)7-16-8-12-5-14-13(4-10(12)2)17-9-18-14/h4-5,11,16H,3,7-9H2,1-2H3. The zero-order chi connectivity index (χ0) is 13.0. The van der Waals surface area contributed by atoms with Crippen molar-refractivity contribution in [3.63, 3.8) is 0 Å². The van der Waals surface area contributed by atoms with Gasteiger partial charge in [-0.3, -0.25) is 0 Å². The van der Waals surface area contributed by atoms with E-state index in [1.165, 1.54) is 11.1 Å². The van der Waals surface area contributed by atoms with Crippen LogP contribution in [0.15, 0.2) is 12.1 Å². The number of nitriles is 1. The monoisotopic (exact) mass is 246 g/mol. The van der Waals surface area contributed by atoms with E-state index in [4.69, 9.17) is 14.7 Å². The second-order valence-corrected chi connectivity index (χ2v) is 4.50. The van der Waals surface area contributed by atoms with Gasteiger partial charge in [-0.2, -0.15) is 5.26 Å². The third kappa shape index (κ3) is 2.74. The molecule has 0 bridgehead atoms. The summed E-state index contributed by atoms with van der Waals surface area (Å²) in [4.78, 5) is 0. The van der Waals surface area contributed by atoms with Crippen LogP contribution in [0.5, 0.6) is 11.5 Å². The van der Waals surface area contributed by atoms with Gasteiger partial charge in [0, 0.05) is 13.1 Å². The Balaban J connectivity index is 1.96. The molecule has 0 spiro atoms. The summed E-state index contributed by atoms with van der Waals surface area (Å²) >= 11 is 0. The zero-order valence-electron chi connectivity index (χ0n) is 10.8. The van der Waals surface area contributed by atoms with Gasteiger partial charge >= 0.3 is 0 Å². The first-order valence-corrected chi connectivity index (χ1v) is 6.24. The Morgan fingerprint density at radius 2 is 2.11 bits per heavy atom. The molecule has 0 fully saturated rings. The second-order valence-electron chi connectivity index (χ2n) is 4.50. The lowest BCUT2D eigenvalue weighted by molar-refractivity contribution is 0.174. The zero-order valence-corrected chi connectivity index (χ0v) is 10.8. The van der Waals surface area contributed by atoms with Crippen molar-refractivity contribution in [2.75, 3.05) is 13.3 Å². The molecule has 1 aliphatic heterocycles. The molecule has 1 N–H and O–H groups in total. The maximum absolute atomic E-state index is 8.88. The molecule has 0 aliphatic carbocycles. The minimum absolute atomic E-state index is 0.0827. The number of fused-ring (bicyclic) bond motifs is 1. The van der Waals surface area contributed by atoms with E-state index in [1.54, 1.807) is 0 Å². The summed E-state index contributed by atoms with van der Waals surface area (Å²) in [5.41, 5.74) is 2.36. The van der Waals surface area contributed by atoms with Gasteiger partial charge in [-0.15, -0.1) is 0 Å². The van der Waals surface area contributed by atoms with Gasteiger partial charge in [0.1, 0.15) is 0 Å². The Hall–Kier alpha value is -1.73. The number of hydrogen-bond donors (Lipinski definition) is 1. The molecule has 0 saturated carbocycles. The van der Waals surface area contributed by atoms with Crippen LogP contribution in [0.2, 0.25) is 0 Å². The molecule has 1 unspecified atom stereocenters. The smallest absolute Gasteiger partial charge is 0.231 e. The van der Waals surface area contributed by atoms with E-state index in [9.17, 15) is 0 Å². The number of rotatable bonds is 5. The normalized spacial score (nSPS) is 14.3. The van der Waals surface area contributed by atoms with E-state index in [0.717, 1.165) is 31.0 Å². The van der Waals surface area contributed by atoms with Gasteiger partial charge in [0.2, 0.25) is 6.79 Å². The van der Waals surface area contributed by atoms with E-state index >= 15 is 0 Å². The van der Waals surface area contributed by atoms with Gasteiger partial charge in [0.05, 0.1) is 12.0 Å². The summed E-state index contributed by atoms with van der Waals surface area (Å²) in [5, 5.41) is 12.2. The highest BCUT2D eigenvalue weighted by Gasteiger charge is 2.15. The molecule has 0 amide bonds. The van der Waals surface area contributed by atoms with Crippen LogP contribution in [0.3, 0.4) is 0 Å². The number of hydrogen-bond acceptors (Lipinski definition) is 4. The van der Waals surface area contributed by atoms with Crippen molar-refractivity contribution < 1.29 is 9.47 Å². The molecule has 0 saturated heterocycles. The van der Waals surface area contributed by atoms with E-state index < -0.39 is 0 Å². The highest BCUT2D eigenvalue weighted by atomic mass is 16.7. The van der Waals surface area contributed by atoms with Gasteiger partial charge in [-0.05, 0) is 36.6 Å². The number of benzene rings is 1. The molecule has 18 heavy (non-hydrogen) atoms. The largest absolute Gasteiger partial charge is 0.454 e. The summed E-state index contributed by atoms with van der Waals surface area (Å²) in [6.45, 7) is 5.86. The van der Waals surface area contributed by atoms with Crippen LogP contribution >= 0.6 is 0 Å². The lowest BCUT2D eigenvalue weighted by Crippen LogP contribution is -2.21. The van der Waals surface area contributed by atoms with Crippen LogP contribution in [-0.4, -0.2) is 13.3 Å². The Morgan fingerprint density at radius 3 is 2.78 bits per heavy atom. The Labute approximate surface area is 108 Å². The first-order valence-electron chi connectivity index (χ1n) is 6.24. The Morgan fingerprint density at radius 1 is 1.39 bits per heavy atom. The highest BCUT2D eigenvalue weighted by molar-refractivity contribution is 5.48. The number of nitrogens with one attached hydrogen (secondary N) is 1. The van der Waals surface area contributed by atoms with Crippen molar-refractivity contribution in [1.82, 2.24) is 5.32 Å². The number of nitrogens with zero attached hydrogens (tertiary/aromatic N) is 1. The van der Waals surface area contributed by atoms with Gasteiger partial charge in [0.25, 0.3) is 0 Å². The highest BCUT2D eigenvalue weighted by Crippen LogP contribution is 2.34.